The third-order valence-electron chi connectivity index (χ3n) is 6.40. The van der Waals surface area contributed by atoms with Crippen molar-refractivity contribution in [2.75, 3.05) is 7.11 Å². The minimum Gasteiger partial charge on any atom is -0.469 e. The van der Waals surface area contributed by atoms with Gasteiger partial charge in [0.25, 0.3) is 0 Å². The van der Waals surface area contributed by atoms with Gasteiger partial charge in [0, 0.05) is 5.41 Å². The van der Waals surface area contributed by atoms with Crippen LogP contribution in [-0.2, 0) is 9.53 Å². The highest BCUT2D eigenvalue weighted by atomic mass is 16.5. The number of methoxy groups -OCH3 is 1. The van der Waals surface area contributed by atoms with Crippen LogP contribution in [0.25, 0.3) is 0 Å². The van der Waals surface area contributed by atoms with E-state index in [-0.39, 0.29) is 17.3 Å². The molecular formula is C19H22O3. The van der Waals surface area contributed by atoms with Gasteiger partial charge in [-0.15, -0.1) is 0 Å². The van der Waals surface area contributed by atoms with Crippen LogP contribution >= 0.6 is 0 Å². The number of fused-ring (bicyclic) bond motifs is 3. The third-order valence-corrected chi connectivity index (χ3v) is 6.40. The van der Waals surface area contributed by atoms with Gasteiger partial charge in [-0.25, -0.2) is 0 Å². The van der Waals surface area contributed by atoms with Gasteiger partial charge in [-0.05, 0) is 60.8 Å². The van der Waals surface area contributed by atoms with Crippen molar-refractivity contribution in [2.45, 2.75) is 50.0 Å². The average Bonchev–Trinajstić information content (AvgIpc) is 2.87. The van der Waals surface area contributed by atoms with E-state index in [4.69, 9.17) is 4.74 Å². The number of carbonyl (C=O) groups excluding carboxylic acids is 1. The van der Waals surface area contributed by atoms with Gasteiger partial charge in [0.1, 0.15) is 0 Å². The molecule has 0 saturated heterocycles. The molecule has 1 aromatic carbocycles. The van der Waals surface area contributed by atoms with Crippen molar-refractivity contribution in [3.05, 3.63) is 47.0 Å². The maximum Gasteiger partial charge on any atom is 0.313 e. The molecule has 0 amide bonds. The second-order valence-corrected chi connectivity index (χ2v) is 7.35. The molecule has 3 heteroatoms. The first-order chi connectivity index (χ1) is 10.4. The zero-order valence-corrected chi connectivity index (χ0v) is 13.2. The molecule has 22 heavy (non-hydrogen) atoms. The lowest BCUT2D eigenvalue weighted by Crippen LogP contribution is -2.40. The molecular weight excluding hydrogens is 276 g/mol. The van der Waals surface area contributed by atoms with Gasteiger partial charge in [-0.2, -0.15) is 0 Å². The summed E-state index contributed by atoms with van der Waals surface area (Å²) in [5.41, 5.74) is 3.43. The van der Waals surface area contributed by atoms with Crippen molar-refractivity contribution < 1.29 is 14.6 Å². The molecule has 0 aliphatic heterocycles. The fourth-order valence-corrected chi connectivity index (χ4v) is 5.51. The predicted molar refractivity (Wildman–Crippen MR) is 83.7 cm³/mol. The number of esters is 1. The Kier molecular flexibility index (Phi) is 2.69. The Bertz CT molecular complexity index is 692. The van der Waals surface area contributed by atoms with Gasteiger partial charge in [0.2, 0.25) is 0 Å². The maximum atomic E-state index is 12.6. The topological polar surface area (TPSA) is 46.5 Å². The fourth-order valence-electron chi connectivity index (χ4n) is 5.51. The third kappa shape index (κ3) is 1.48. The van der Waals surface area contributed by atoms with Gasteiger partial charge >= 0.3 is 5.97 Å². The van der Waals surface area contributed by atoms with Crippen LogP contribution in [0.15, 0.2) is 30.4 Å². The number of aliphatic hydroxyl groups is 1. The molecule has 3 aliphatic rings. The first-order valence-electron chi connectivity index (χ1n) is 8.01. The molecule has 116 valence electrons. The summed E-state index contributed by atoms with van der Waals surface area (Å²) in [5.74, 6) is -0.118. The first-order valence-corrected chi connectivity index (χ1v) is 8.01. The highest BCUT2D eigenvalue weighted by Crippen LogP contribution is 2.71. The van der Waals surface area contributed by atoms with Crippen LogP contribution in [0.2, 0.25) is 0 Å². The second-order valence-electron chi connectivity index (χ2n) is 7.35. The predicted octanol–water partition coefficient (Wildman–Crippen LogP) is 3.21. The van der Waals surface area contributed by atoms with E-state index in [1.807, 2.05) is 0 Å². The maximum absolute atomic E-state index is 12.6. The van der Waals surface area contributed by atoms with Crippen molar-refractivity contribution in [2.24, 2.45) is 5.41 Å². The van der Waals surface area contributed by atoms with Gasteiger partial charge in [0.15, 0.2) is 0 Å². The van der Waals surface area contributed by atoms with Gasteiger partial charge in [0.05, 0.1) is 18.6 Å². The Labute approximate surface area is 131 Å². The van der Waals surface area contributed by atoms with Crippen molar-refractivity contribution in [3.63, 3.8) is 0 Å². The molecule has 3 nitrogen and oxygen atoms in total. The van der Waals surface area contributed by atoms with Gasteiger partial charge in [-0.1, -0.05) is 24.8 Å². The highest BCUT2D eigenvalue weighted by molar-refractivity contribution is 5.83. The lowest BCUT2D eigenvalue weighted by Gasteiger charge is -2.41. The fraction of sp³-hybridized carbons (Fsp3) is 0.526. The lowest BCUT2D eigenvalue weighted by molar-refractivity contribution is -0.147. The lowest BCUT2D eigenvalue weighted by atomic mass is 9.63. The summed E-state index contributed by atoms with van der Waals surface area (Å²) in [7, 11) is 1.46. The van der Waals surface area contributed by atoms with Crippen LogP contribution in [0.4, 0.5) is 0 Å². The van der Waals surface area contributed by atoms with Gasteiger partial charge < -0.3 is 9.84 Å². The molecule has 0 aromatic heterocycles. The largest absolute Gasteiger partial charge is 0.469 e. The first kappa shape index (κ1) is 14.0. The molecule has 1 N–H and O–H groups in total. The van der Waals surface area contributed by atoms with Crippen molar-refractivity contribution in [1.82, 2.24) is 0 Å². The van der Waals surface area contributed by atoms with E-state index in [0.29, 0.717) is 12.3 Å². The normalized spacial score (nSPS) is 38.6. The molecule has 2 bridgehead atoms. The van der Waals surface area contributed by atoms with E-state index in [1.54, 1.807) is 0 Å². The van der Waals surface area contributed by atoms with Crippen molar-refractivity contribution in [1.29, 1.82) is 0 Å². The Morgan fingerprint density at radius 2 is 2.23 bits per heavy atom. The van der Waals surface area contributed by atoms with Crippen LogP contribution in [0, 0.1) is 12.3 Å². The number of benzene rings is 1. The minimum absolute atomic E-state index is 0.169. The van der Waals surface area contributed by atoms with Crippen LogP contribution in [-0.4, -0.2) is 23.8 Å². The summed E-state index contributed by atoms with van der Waals surface area (Å²) in [6.45, 7) is 6.19. The molecule has 1 aromatic rings. The summed E-state index contributed by atoms with van der Waals surface area (Å²) in [6, 6.07) is 6.30. The zero-order valence-electron chi connectivity index (χ0n) is 13.2. The van der Waals surface area contributed by atoms with Crippen LogP contribution in [0.5, 0.6) is 0 Å². The molecule has 2 fully saturated rings. The Balaban J connectivity index is 1.96. The number of hydrogen-bond acceptors (Lipinski definition) is 3. The number of hydrogen-bond donors (Lipinski definition) is 1. The van der Waals surface area contributed by atoms with E-state index in [2.05, 4.69) is 31.7 Å². The second kappa shape index (κ2) is 4.23. The molecule has 2 saturated carbocycles. The van der Waals surface area contributed by atoms with Crippen LogP contribution in [0.1, 0.15) is 54.2 Å². The van der Waals surface area contributed by atoms with E-state index in [0.717, 1.165) is 36.0 Å². The summed E-state index contributed by atoms with van der Waals surface area (Å²) in [4.78, 5) is 12.6. The number of aryl methyl sites for hydroxylation is 1. The van der Waals surface area contributed by atoms with E-state index in [9.17, 15) is 9.90 Å². The molecule has 0 heterocycles. The average molecular weight is 298 g/mol. The SMILES string of the molecule is C=C1CC23CC1(O)CCC2c1cccc(C)c1C3C(=O)OC. The quantitative estimate of drug-likeness (QED) is 0.639. The Morgan fingerprint density at radius 3 is 2.95 bits per heavy atom. The minimum atomic E-state index is -0.793. The van der Waals surface area contributed by atoms with E-state index in [1.165, 1.54) is 12.7 Å². The van der Waals surface area contributed by atoms with E-state index < -0.39 is 5.60 Å². The molecule has 4 rings (SSSR count). The standard InChI is InChI=1S/C19H22O3/c1-11-5-4-6-13-14-7-8-19(21)10-18(14,9-12(19)2)16(15(11)13)17(20)22-3/h4-6,14,16,21H,2,7-10H2,1,3H3. The zero-order chi connectivity index (χ0) is 15.7. The highest BCUT2D eigenvalue weighted by Gasteiger charge is 2.66. The van der Waals surface area contributed by atoms with E-state index >= 15 is 0 Å². The number of ether oxygens (including phenoxy) is 1. The van der Waals surface area contributed by atoms with Crippen molar-refractivity contribution >= 4 is 5.97 Å². The van der Waals surface area contributed by atoms with Crippen molar-refractivity contribution in [3.8, 4) is 0 Å². The molecule has 0 radical (unpaired) electrons. The number of carbonyl (C=O) groups is 1. The Morgan fingerprint density at radius 1 is 1.45 bits per heavy atom. The van der Waals surface area contributed by atoms with Crippen LogP contribution < -0.4 is 0 Å². The Hall–Kier alpha value is -1.61. The smallest absolute Gasteiger partial charge is 0.313 e. The number of rotatable bonds is 1. The molecule has 4 unspecified atom stereocenters. The molecule has 4 atom stereocenters. The molecule has 1 spiro atoms. The summed E-state index contributed by atoms with van der Waals surface area (Å²) >= 11 is 0. The summed E-state index contributed by atoms with van der Waals surface area (Å²) < 4.78 is 5.16. The monoisotopic (exact) mass is 298 g/mol. The molecule has 3 aliphatic carbocycles. The van der Waals surface area contributed by atoms with Gasteiger partial charge in [-0.3, -0.25) is 4.79 Å². The summed E-state index contributed by atoms with van der Waals surface area (Å²) in [5, 5.41) is 10.9. The summed E-state index contributed by atoms with van der Waals surface area (Å²) in [6.07, 6.45) is 3.03. The van der Waals surface area contributed by atoms with Crippen LogP contribution in [0.3, 0.4) is 0 Å².